The molecule has 2 rings (SSSR count). The minimum atomic E-state index is -0.544. The van der Waals surface area contributed by atoms with Crippen molar-refractivity contribution in [1.29, 1.82) is 5.26 Å². The Morgan fingerprint density at radius 3 is 2.65 bits per heavy atom. The SMILES string of the molecule is COC(=O)c1cc(-c2cc(O)cc(C#N)c2)ccc1Cl. The highest BCUT2D eigenvalue weighted by Crippen LogP contribution is 2.29. The lowest BCUT2D eigenvalue weighted by molar-refractivity contribution is 0.0601. The molecule has 4 nitrogen and oxygen atoms in total. The van der Waals surface area contributed by atoms with Gasteiger partial charge in [0.2, 0.25) is 0 Å². The molecule has 0 aliphatic rings. The normalized spacial score (nSPS) is 9.85. The molecular weight excluding hydrogens is 278 g/mol. The second-order valence-corrected chi connectivity index (χ2v) is 4.47. The van der Waals surface area contributed by atoms with Crippen LogP contribution < -0.4 is 0 Å². The first-order valence-corrected chi connectivity index (χ1v) is 6.05. The van der Waals surface area contributed by atoms with Crippen molar-refractivity contribution >= 4 is 17.6 Å². The fraction of sp³-hybridized carbons (Fsp3) is 0.0667. The summed E-state index contributed by atoms with van der Waals surface area (Å²) in [6.45, 7) is 0. The molecule has 0 saturated heterocycles. The van der Waals surface area contributed by atoms with Crippen LogP contribution in [0.15, 0.2) is 36.4 Å². The van der Waals surface area contributed by atoms with Crippen LogP contribution in [0.2, 0.25) is 5.02 Å². The highest BCUT2D eigenvalue weighted by molar-refractivity contribution is 6.33. The number of nitriles is 1. The molecule has 0 spiro atoms. The number of esters is 1. The predicted octanol–water partition coefficient (Wildman–Crippen LogP) is 3.37. The van der Waals surface area contributed by atoms with Crippen LogP contribution in [0.25, 0.3) is 11.1 Å². The first-order chi connectivity index (χ1) is 9.55. The van der Waals surface area contributed by atoms with E-state index in [1.807, 2.05) is 6.07 Å². The molecule has 0 aromatic heterocycles. The van der Waals surface area contributed by atoms with E-state index in [9.17, 15) is 9.90 Å². The van der Waals surface area contributed by atoms with Gasteiger partial charge in [-0.15, -0.1) is 0 Å². The number of nitrogens with zero attached hydrogens (tertiary/aromatic N) is 1. The van der Waals surface area contributed by atoms with E-state index in [0.29, 0.717) is 16.7 Å². The van der Waals surface area contributed by atoms with Crippen molar-refractivity contribution in [1.82, 2.24) is 0 Å². The summed E-state index contributed by atoms with van der Waals surface area (Å²) in [5, 5.41) is 18.8. The Hall–Kier alpha value is -2.51. The van der Waals surface area contributed by atoms with Crippen LogP contribution in [-0.2, 0) is 4.74 Å². The average molecular weight is 288 g/mol. The van der Waals surface area contributed by atoms with E-state index in [-0.39, 0.29) is 16.3 Å². The lowest BCUT2D eigenvalue weighted by Crippen LogP contribution is -2.02. The highest BCUT2D eigenvalue weighted by Gasteiger charge is 2.12. The van der Waals surface area contributed by atoms with Crippen LogP contribution in [0, 0.1) is 11.3 Å². The Morgan fingerprint density at radius 1 is 1.25 bits per heavy atom. The van der Waals surface area contributed by atoms with Crippen LogP contribution in [0.4, 0.5) is 0 Å². The first kappa shape index (κ1) is 13.9. The van der Waals surface area contributed by atoms with Crippen LogP contribution in [0.5, 0.6) is 5.75 Å². The maximum Gasteiger partial charge on any atom is 0.339 e. The Morgan fingerprint density at radius 2 is 2.00 bits per heavy atom. The van der Waals surface area contributed by atoms with Crippen molar-refractivity contribution in [3.63, 3.8) is 0 Å². The van der Waals surface area contributed by atoms with Gasteiger partial charge in [-0.3, -0.25) is 0 Å². The van der Waals surface area contributed by atoms with Crippen molar-refractivity contribution in [2.24, 2.45) is 0 Å². The minimum Gasteiger partial charge on any atom is -0.508 e. The third-order valence-corrected chi connectivity index (χ3v) is 3.08. The van der Waals surface area contributed by atoms with E-state index >= 15 is 0 Å². The smallest absolute Gasteiger partial charge is 0.339 e. The number of carbonyl (C=O) groups is 1. The number of hydrogen-bond donors (Lipinski definition) is 1. The molecule has 0 amide bonds. The number of carbonyl (C=O) groups excluding carboxylic acids is 1. The van der Waals surface area contributed by atoms with Gasteiger partial charge < -0.3 is 9.84 Å². The summed E-state index contributed by atoms with van der Waals surface area (Å²) in [6.07, 6.45) is 0. The number of phenols is 1. The number of rotatable bonds is 2. The van der Waals surface area contributed by atoms with Crippen molar-refractivity contribution in [3.05, 3.63) is 52.5 Å². The predicted molar refractivity (Wildman–Crippen MR) is 74.6 cm³/mol. The summed E-state index contributed by atoms with van der Waals surface area (Å²) in [4.78, 5) is 11.6. The number of halogens is 1. The topological polar surface area (TPSA) is 70.3 Å². The molecule has 5 heteroatoms. The zero-order chi connectivity index (χ0) is 14.7. The Bertz CT molecular complexity index is 720. The highest BCUT2D eigenvalue weighted by atomic mass is 35.5. The second-order valence-electron chi connectivity index (χ2n) is 4.07. The number of phenolic OH excluding ortho intramolecular Hbond substituents is 1. The molecule has 0 saturated carbocycles. The van der Waals surface area contributed by atoms with E-state index < -0.39 is 5.97 Å². The van der Waals surface area contributed by atoms with Crippen molar-refractivity contribution < 1.29 is 14.6 Å². The standard InChI is InChI=1S/C15H10ClNO3/c1-20-15(19)13-7-10(2-3-14(13)16)11-4-9(8-17)5-12(18)6-11/h2-7,18H,1H3. The molecule has 0 heterocycles. The number of benzene rings is 2. The zero-order valence-corrected chi connectivity index (χ0v) is 11.3. The van der Waals surface area contributed by atoms with E-state index in [2.05, 4.69) is 4.74 Å². The average Bonchev–Trinajstić information content (AvgIpc) is 2.46. The van der Waals surface area contributed by atoms with Crippen LogP contribution in [-0.4, -0.2) is 18.2 Å². The van der Waals surface area contributed by atoms with Gasteiger partial charge in [0.15, 0.2) is 0 Å². The fourth-order valence-corrected chi connectivity index (χ4v) is 2.01. The Labute approximate surface area is 120 Å². The number of ether oxygens (including phenoxy) is 1. The summed E-state index contributed by atoms with van der Waals surface area (Å²) in [5.41, 5.74) is 1.83. The van der Waals surface area contributed by atoms with Crippen LogP contribution in [0.3, 0.4) is 0 Å². The first-order valence-electron chi connectivity index (χ1n) is 5.67. The van der Waals surface area contributed by atoms with Gasteiger partial charge in [-0.1, -0.05) is 17.7 Å². The molecular formula is C15H10ClNO3. The summed E-state index contributed by atoms with van der Waals surface area (Å²) in [5.74, 6) is -0.564. The Kier molecular flexibility index (Phi) is 3.92. The van der Waals surface area contributed by atoms with Gasteiger partial charge >= 0.3 is 5.97 Å². The van der Waals surface area contributed by atoms with Crippen molar-refractivity contribution in [2.45, 2.75) is 0 Å². The maximum absolute atomic E-state index is 11.6. The van der Waals surface area contributed by atoms with Gasteiger partial charge in [0.05, 0.1) is 29.3 Å². The molecule has 100 valence electrons. The number of aromatic hydroxyl groups is 1. The third kappa shape index (κ3) is 2.73. The van der Waals surface area contributed by atoms with E-state index in [4.69, 9.17) is 16.9 Å². The molecule has 0 atom stereocenters. The molecule has 0 bridgehead atoms. The number of hydrogen-bond acceptors (Lipinski definition) is 4. The Balaban J connectivity index is 2.57. The molecule has 0 aliphatic heterocycles. The van der Waals surface area contributed by atoms with E-state index in [0.717, 1.165) is 0 Å². The van der Waals surface area contributed by atoms with Gasteiger partial charge in [0.25, 0.3) is 0 Å². The monoisotopic (exact) mass is 287 g/mol. The van der Waals surface area contributed by atoms with Crippen molar-refractivity contribution in [2.75, 3.05) is 7.11 Å². The molecule has 1 N–H and O–H groups in total. The van der Waals surface area contributed by atoms with Gasteiger partial charge in [0, 0.05) is 0 Å². The number of methoxy groups -OCH3 is 1. The summed E-state index contributed by atoms with van der Waals surface area (Å²) >= 11 is 5.94. The van der Waals surface area contributed by atoms with Gasteiger partial charge in [-0.05, 0) is 41.5 Å². The molecule has 0 unspecified atom stereocenters. The van der Waals surface area contributed by atoms with Crippen molar-refractivity contribution in [3.8, 4) is 22.9 Å². The van der Waals surface area contributed by atoms with Gasteiger partial charge in [0.1, 0.15) is 5.75 Å². The lowest BCUT2D eigenvalue weighted by atomic mass is 10.0. The maximum atomic E-state index is 11.6. The molecule has 0 aliphatic carbocycles. The van der Waals surface area contributed by atoms with Crippen LogP contribution in [0.1, 0.15) is 15.9 Å². The third-order valence-electron chi connectivity index (χ3n) is 2.75. The molecule has 20 heavy (non-hydrogen) atoms. The molecule has 0 radical (unpaired) electrons. The quantitative estimate of drug-likeness (QED) is 0.860. The van der Waals surface area contributed by atoms with E-state index in [1.54, 1.807) is 24.3 Å². The summed E-state index contributed by atoms with van der Waals surface area (Å²) in [7, 11) is 1.27. The summed E-state index contributed by atoms with van der Waals surface area (Å²) in [6, 6.07) is 11.3. The summed E-state index contributed by atoms with van der Waals surface area (Å²) < 4.78 is 4.65. The second kappa shape index (κ2) is 5.64. The molecule has 2 aromatic rings. The van der Waals surface area contributed by atoms with Gasteiger partial charge in [-0.25, -0.2) is 4.79 Å². The molecule has 2 aromatic carbocycles. The zero-order valence-electron chi connectivity index (χ0n) is 10.6. The minimum absolute atomic E-state index is 0.0198. The van der Waals surface area contributed by atoms with Gasteiger partial charge in [-0.2, -0.15) is 5.26 Å². The largest absolute Gasteiger partial charge is 0.508 e. The lowest BCUT2D eigenvalue weighted by Gasteiger charge is -2.07. The molecule has 0 fully saturated rings. The van der Waals surface area contributed by atoms with E-state index in [1.165, 1.54) is 19.2 Å². The fourth-order valence-electron chi connectivity index (χ4n) is 1.81. The van der Waals surface area contributed by atoms with Crippen LogP contribution >= 0.6 is 11.6 Å².